The van der Waals surface area contributed by atoms with Crippen LogP contribution in [0.15, 0.2) is 0 Å². The van der Waals surface area contributed by atoms with Crippen LogP contribution in [0.4, 0.5) is 4.79 Å². The Morgan fingerprint density at radius 2 is 1.82 bits per heavy atom. The number of rotatable bonds is 7. The minimum absolute atomic E-state index is 0.238. The van der Waals surface area contributed by atoms with Gasteiger partial charge in [-0.25, -0.2) is 4.79 Å². The maximum atomic E-state index is 11.7. The fraction of sp³-hybridized carbons (Fsp3) is 0.941. The summed E-state index contributed by atoms with van der Waals surface area (Å²) in [5.74, 6) is 0.399. The molecule has 5 nitrogen and oxygen atoms in total. The van der Waals surface area contributed by atoms with E-state index < -0.39 is 5.60 Å². The maximum absolute atomic E-state index is 11.7. The van der Waals surface area contributed by atoms with Gasteiger partial charge in [0.15, 0.2) is 0 Å². The zero-order valence-electron chi connectivity index (χ0n) is 14.7. The highest BCUT2D eigenvalue weighted by Crippen LogP contribution is 2.19. The van der Waals surface area contributed by atoms with Crippen molar-refractivity contribution in [3.63, 3.8) is 0 Å². The zero-order valence-corrected chi connectivity index (χ0v) is 14.7. The summed E-state index contributed by atoms with van der Waals surface area (Å²) in [6.45, 7) is 9.01. The summed E-state index contributed by atoms with van der Waals surface area (Å²) < 4.78 is 5.29. The maximum Gasteiger partial charge on any atom is 0.407 e. The van der Waals surface area contributed by atoms with Crippen LogP contribution in [0.2, 0.25) is 0 Å². The van der Waals surface area contributed by atoms with Crippen molar-refractivity contribution in [1.29, 1.82) is 0 Å². The molecule has 0 radical (unpaired) electrons. The second-order valence-corrected chi connectivity index (χ2v) is 7.58. The third-order valence-corrected chi connectivity index (χ3v) is 4.07. The Labute approximate surface area is 135 Å². The van der Waals surface area contributed by atoms with Gasteiger partial charge in [-0.15, -0.1) is 0 Å². The second kappa shape index (κ2) is 9.36. The lowest BCUT2D eigenvalue weighted by Gasteiger charge is -2.30. The summed E-state index contributed by atoms with van der Waals surface area (Å²) in [6, 6.07) is 0.795. The molecule has 0 aliphatic heterocycles. The Hall–Kier alpha value is -0.810. The normalized spacial score (nSPS) is 23.9. The first-order valence-electron chi connectivity index (χ1n) is 8.64. The summed E-state index contributed by atoms with van der Waals surface area (Å²) in [5.41, 5.74) is -0.436. The predicted octanol–water partition coefficient (Wildman–Crippen LogP) is 2.82. The van der Waals surface area contributed by atoms with Gasteiger partial charge < -0.3 is 20.5 Å². The van der Waals surface area contributed by atoms with Gasteiger partial charge in [-0.05, 0) is 71.8 Å². The molecule has 0 saturated heterocycles. The lowest BCUT2D eigenvalue weighted by atomic mass is 9.91. The molecule has 1 atom stereocenters. The summed E-state index contributed by atoms with van der Waals surface area (Å²) in [4.78, 5) is 11.7. The van der Waals surface area contributed by atoms with Crippen LogP contribution in [0.25, 0.3) is 0 Å². The Balaban J connectivity index is 2.12. The molecule has 1 rings (SSSR count). The van der Waals surface area contributed by atoms with Crippen molar-refractivity contribution in [2.45, 2.75) is 83.9 Å². The van der Waals surface area contributed by atoms with E-state index in [9.17, 15) is 4.79 Å². The molecule has 1 amide bonds. The highest BCUT2D eigenvalue weighted by Gasteiger charge is 2.24. The van der Waals surface area contributed by atoms with E-state index in [0.29, 0.717) is 12.0 Å². The van der Waals surface area contributed by atoms with Crippen LogP contribution >= 0.6 is 0 Å². The van der Waals surface area contributed by atoms with Gasteiger partial charge in [0.1, 0.15) is 5.60 Å². The summed E-state index contributed by atoms with van der Waals surface area (Å²) in [7, 11) is 0. The van der Waals surface area contributed by atoms with Crippen molar-refractivity contribution in [3.8, 4) is 0 Å². The third-order valence-electron chi connectivity index (χ3n) is 4.07. The molecular formula is C17H34N2O3. The molecule has 3 N–H and O–H groups in total. The first kappa shape index (κ1) is 19.2. The van der Waals surface area contributed by atoms with Crippen molar-refractivity contribution in [2.75, 3.05) is 13.2 Å². The summed E-state index contributed by atoms with van der Waals surface area (Å²) in [5, 5.41) is 15.5. The Morgan fingerprint density at radius 1 is 1.23 bits per heavy atom. The molecule has 0 spiro atoms. The SMILES string of the molecule is CC(CO)CCCNC1CCC(NC(=O)OC(C)(C)C)CC1. The highest BCUT2D eigenvalue weighted by atomic mass is 16.6. The van der Waals surface area contributed by atoms with Gasteiger partial charge in [0.05, 0.1) is 0 Å². The zero-order chi connectivity index (χ0) is 16.6. The molecule has 0 bridgehead atoms. The first-order valence-corrected chi connectivity index (χ1v) is 8.64. The van der Waals surface area contributed by atoms with Gasteiger partial charge in [0.2, 0.25) is 0 Å². The fourth-order valence-electron chi connectivity index (χ4n) is 2.76. The molecule has 130 valence electrons. The average Bonchev–Trinajstić information content (AvgIpc) is 2.43. The molecule has 22 heavy (non-hydrogen) atoms. The van der Waals surface area contributed by atoms with Gasteiger partial charge in [-0.1, -0.05) is 6.92 Å². The van der Waals surface area contributed by atoms with E-state index in [4.69, 9.17) is 9.84 Å². The Morgan fingerprint density at radius 3 is 2.36 bits per heavy atom. The predicted molar refractivity (Wildman–Crippen MR) is 88.9 cm³/mol. The highest BCUT2D eigenvalue weighted by molar-refractivity contribution is 5.68. The molecule has 0 aromatic carbocycles. The standard InChI is InChI=1S/C17H34N2O3/c1-13(12-20)6-5-11-18-14-7-9-15(10-8-14)19-16(21)22-17(2,3)4/h13-15,18,20H,5-12H2,1-4H3,(H,19,21). The number of carbonyl (C=O) groups excluding carboxylic acids is 1. The topological polar surface area (TPSA) is 70.6 Å². The minimum atomic E-state index is -0.436. The van der Waals surface area contributed by atoms with Crippen LogP contribution < -0.4 is 10.6 Å². The van der Waals surface area contributed by atoms with Crippen molar-refractivity contribution in [2.24, 2.45) is 5.92 Å². The molecule has 5 heteroatoms. The quantitative estimate of drug-likeness (QED) is 0.632. The number of alkyl carbamates (subject to hydrolysis) is 1. The lowest BCUT2D eigenvalue weighted by molar-refractivity contribution is 0.0489. The van der Waals surface area contributed by atoms with Gasteiger partial charge in [0.25, 0.3) is 0 Å². The van der Waals surface area contributed by atoms with E-state index >= 15 is 0 Å². The van der Waals surface area contributed by atoms with Crippen molar-refractivity contribution in [1.82, 2.24) is 10.6 Å². The molecule has 0 aromatic rings. The molecular weight excluding hydrogens is 280 g/mol. The van der Waals surface area contributed by atoms with Crippen LogP contribution in [0.5, 0.6) is 0 Å². The van der Waals surface area contributed by atoms with Gasteiger partial charge in [0, 0.05) is 18.7 Å². The number of nitrogens with one attached hydrogen (secondary N) is 2. The number of carbonyl (C=O) groups is 1. The fourth-order valence-corrected chi connectivity index (χ4v) is 2.76. The van der Waals surface area contributed by atoms with Crippen molar-refractivity contribution >= 4 is 6.09 Å². The van der Waals surface area contributed by atoms with Crippen LogP contribution in [0.1, 0.15) is 66.2 Å². The molecule has 1 unspecified atom stereocenters. The van der Waals surface area contributed by atoms with Crippen molar-refractivity contribution in [3.05, 3.63) is 0 Å². The smallest absolute Gasteiger partial charge is 0.407 e. The molecule has 1 fully saturated rings. The van der Waals surface area contributed by atoms with Gasteiger partial charge in [-0.2, -0.15) is 0 Å². The van der Waals surface area contributed by atoms with Gasteiger partial charge in [-0.3, -0.25) is 0 Å². The first-order chi connectivity index (χ1) is 10.3. The van der Waals surface area contributed by atoms with Crippen LogP contribution in [-0.2, 0) is 4.74 Å². The van der Waals surface area contributed by atoms with E-state index in [2.05, 4.69) is 17.6 Å². The number of aliphatic hydroxyl groups is 1. The van der Waals surface area contributed by atoms with Crippen molar-refractivity contribution < 1.29 is 14.6 Å². The third kappa shape index (κ3) is 8.59. The number of ether oxygens (including phenoxy) is 1. The number of hydrogen-bond donors (Lipinski definition) is 3. The average molecular weight is 314 g/mol. The number of aliphatic hydroxyl groups excluding tert-OH is 1. The molecule has 1 aliphatic rings. The summed E-state index contributed by atoms with van der Waals surface area (Å²) in [6.07, 6.45) is 6.07. The van der Waals surface area contributed by atoms with E-state index in [1.807, 2.05) is 20.8 Å². The Bertz CT molecular complexity index is 320. The number of amides is 1. The lowest BCUT2D eigenvalue weighted by Crippen LogP contribution is -2.44. The van der Waals surface area contributed by atoms with Gasteiger partial charge >= 0.3 is 6.09 Å². The minimum Gasteiger partial charge on any atom is -0.444 e. The van der Waals surface area contributed by atoms with E-state index in [1.54, 1.807) is 0 Å². The van der Waals surface area contributed by atoms with E-state index in [0.717, 1.165) is 45.1 Å². The van der Waals surface area contributed by atoms with E-state index in [1.165, 1.54) is 0 Å². The van der Waals surface area contributed by atoms with Crippen LogP contribution in [0, 0.1) is 5.92 Å². The molecule has 0 aromatic heterocycles. The largest absolute Gasteiger partial charge is 0.444 e. The molecule has 0 heterocycles. The van der Waals surface area contributed by atoms with Crippen LogP contribution in [-0.4, -0.2) is 42.0 Å². The number of hydrogen-bond acceptors (Lipinski definition) is 4. The second-order valence-electron chi connectivity index (χ2n) is 7.58. The Kier molecular flexibility index (Phi) is 8.18. The molecule has 1 saturated carbocycles. The molecule has 1 aliphatic carbocycles. The monoisotopic (exact) mass is 314 g/mol. The van der Waals surface area contributed by atoms with E-state index in [-0.39, 0.29) is 18.7 Å². The van der Waals surface area contributed by atoms with Crippen LogP contribution in [0.3, 0.4) is 0 Å². The summed E-state index contributed by atoms with van der Waals surface area (Å²) >= 11 is 0.